The summed E-state index contributed by atoms with van der Waals surface area (Å²) >= 11 is 0. The first-order valence-corrected chi connectivity index (χ1v) is 4.59. The first kappa shape index (κ1) is 8.51. The summed E-state index contributed by atoms with van der Waals surface area (Å²) in [5.41, 5.74) is 6.97. The number of fused-ring (bicyclic) bond motifs is 1. The lowest BCUT2D eigenvalue weighted by Crippen LogP contribution is -2.20. The van der Waals surface area contributed by atoms with Crippen LogP contribution in [0.15, 0.2) is 29.0 Å². The van der Waals surface area contributed by atoms with Crippen molar-refractivity contribution in [1.29, 1.82) is 0 Å². The molecule has 2 rings (SSSR count). The molecule has 0 aromatic carbocycles. The molecule has 1 heterocycles. The lowest BCUT2D eigenvalue weighted by molar-refractivity contribution is 0.104. The monoisotopic (exact) mass is 178 g/mol. The maximum atomic E-state index is 5.71. The highest BCUT2D eigenvalue weighted by molar-refractivity contribution is 5.67. The molecule has 0 saturated carbocycles. The van der Waals surface area contributed by atoms with Crippen LogP contribution in [-0.2, 0) is 4.84 Å². The van der Waals surface area contributed by atoms with E-state index in [4.69, 9.17) is 10.6 Å². The summed E-state index contributed by atoms with van der Waals surface area (Å²) in [5.74, 6) is 0.330. The Kier molecular flexibility index (Phi) is 2.19. The van der Waals surface area contributed by atoms with Gasteiger partial charge in [0, 0.05) is 6.04 Å². The van der Waals surface area contributed by atoms with E-state index in [1.165, 1.54) is 5.57 Å². The van der Waals surface area contributed by atoms with E-state index in [2.05, 4.69) is 23.4 Å². The minimum absolute atomic E-state index is 0.110. The van der Waals surface area contributed by atoms with Crippen molar-refractivity contribution in [2.45, 2.75) is 25.5 Å². The second kappa shape index (κ2) is 3.34. The highest BCUT2D eigenvalue weighted by Gasteiger charge is 2.25. The topological polar surface area (TPSA) is 47.6 Å². The van der Waals surface area contributed by atoms with Gasteiger partial charge < -0.3 is 10.6 Å². The molecule has 3 heteroatoms. The molecule has 0 bridgehead atoms. The van der Waals surface area contributed by atoms with E-state index in [1.54, 1.807) is 0 Å². The summed E-state index contributed by atoms with van der Waals surface area (Å²) in [6.45, 7) is 2.01. The number of allylic oxidation sites excluding steroid dienone is 1. The van der Waals surface area contributed by atoms with Gasteiger partial charge in [0.15, 0.2) is 6.10 Å². The fourth-order valence-electron chi connectivity index (χ4n) is 1.64. The van der Waals surface area contributed by atoms with E-state index in [1.807, 2.05) is 13.1 Å². The second-order valence-electron chi connectivity index (χ2n) is 3.68. The number of oxime groups is 1. The molecule has 0 fully saturated rings. The molecule has 1 aliphatic heterocycles. The molecule has 1 aliphatic carbocycles. The fraction of sp³-hybridized carbons (Fsp3) is 0.500. The molecule has 3 unspecified atom stereocenters. The Hall–Kier alpha value is -1.09. The average Bonchev–Trinajstić information content (AvgIpc) is 2.49. The van der Waals surface area contributed by atoms with Crippen LogP contribution in [-0.4, -0.2) is 18.4 Å². The Morgan fingerprint density at radius 1 is 1.69 bits per heavy atom. The maximum absolute atomic E-state index is 5.71. The van der Waals surface area contributed by atoms with Crippen LogP contribution in [0.25, 0.3) is 0 Å². The van der Waals surface area contributed by atoms with E-state index in [0.717, 1.165) is 6.42 Å². The van der Waals surface area contributed by atoms with E-state index in [-0.39, 0.29) is 12.1 Å². The first-order valence-electron chi connectivity index (χ1n) is 4.59. The Morgan fingerprint density at radius 3 is 3.31 bits per heavy atom. The molecule has 0 radical (unpaired) electrons. The lowest BCUT2D eigenvalue weighted by atomic mass is 9.93. The van der Waals surface area contributed by atoms with Crippen molar-refractivity contribution in [3.8, 4) is 0 Å². The lowest BCUT2D eigenvalue weighted by Gasteiger charge is -2.16. The van der Waals surface area contributed by atoms with Crippen molar-refractivity contribution in [1.82, 2.24) is 0 Å². The van der Waals surface area contributed by atoms with Crippen molar-refractivity contribution in [2.24, 2.45) is 16.8 Å². The van der Waals surface area contributed by atoms with Gasteiger partial charge in [-0.1, -0.05) is 17.3 Å². The quantitative estimate of drug-likeness (QED) is 0.691. The van der Waals surface area contributed by atoms with Crippen LogP contribution >= 0.6 is 0 Å². The van der Waals surface area contributed by atoms with Gasteiger partial charge in [-0.05, 0) is 25.0 Å². The van der Waals surface area contributed by atoms with Crippen LogP contribution in [0.4, 0.5) is 0 Å². The SMILES string of the molecule is CC(N)CC1=CC2ON=CC2C=C1. The third-order valence-electron chi connectivity index (χ3n) is 2.26. The van der Waals surface area contributed by atoms with Crippen molar-refractivity contribution < 1.29 is 4.84 Å². The molecule has 0 amide bonds. The molecule has 3 nitrogen and oxygen atoms in total. The molecule has 13 heavy (non-hydrogen) atoms. The summed E-state index contributed by atoms with van der Waals surface area (Å²) in [6.07, 6.45) is 9.20. The van der Waals surface area contributed by atoms with Crippen molar-refractivity contribution in [3.05, 3.63) is 23.8 Å². The molecule has 0 aromatic rings. The summed E-state index contributed by atoms with van der Waals surface area (Å²) in [7, 11) is 0. The van der Waals surface area contributed by atoms with Crippen LogP contribution < -0.4 is 5.73 Å². The number of rotatable bonds is 2. The van der Waals surface area contributed by atoms with Crippen LogP contribution in [0, 0.1) is 5.92 Å². The third kappa shape index (κ3) is 1.80. The number of hydrogen-bond acceptors (Lipinski definition) is 3. The van der Waals surface area contributed by atoms with Crippen molar-refractivity contribution >= 4 is 6.21 Å². The minimum Gasteiger partial charge on any atom is -0.388 e. The van der Waals surface area contributed by atoms with Gasteiger partial charge >= 0.3 is 0 Å². The summed E-state index contributed by atoms with van der Waals surface area (Å²) in [5, 5.41) is 3.79. The predicted molar refractivity (Wildman–Crippen MR) is 52.3 cm³/mol. The standard InChI is InChI=1S/C10H14N2O/c1-7(11)4-8-2-3-9-6-12-13-10(9)5-8/h2-3,5-7,9-10H,4,11H2,1H3. The first-order chi connectivity index (χ1) is 6.25. The van der Waals surface area contributed by atoms with Crippen LogP contribution in [0.2, 0.25) is 0 Å². The fourth-order valence-corrected chi connectivity index (χ4v) is 1.64. The zero-order chi connectivity index (χ0) is 9.26. The molecule has 0 aromatic heterocycles. The van der Waals surface area contributed by atoms with Gasteiger partial charge in [-0.25, -0.2) is 0 Å². The number of nitrogens with two attached hydrogens (primary N) is 1. The number of nitrogens with zero attached hydrogens (tertiary/aromatic N) is 1. The molecule has 3 atom stereocenters. The predicted octanol–water partition coefficient (Wildman–Crippen LogP) is 1.22. The van der Waals surface area contributed by atoms with Crippen LogP contribution in [0.5, 0.6) is 0 Å². The molecule has 2 aliphatic rings. The van der Waals surface area contributed by atoms with Gasteiger partial charge in [0.05, 0.1) is 12.1 Å². The van der Waals surface area contributed by atoms with Gasteiger partial charge in [-0.2, -0.15) is 0 Å². The van der Waals surface area contributed by atoms with Crippen LogP contribution in [0.3, 0.4) is 0 Å². The highest BCUT2D eigenvalue weighted by atomic mass is 16.6. The van der Waals surface area contributed by atoms with E-state index in [0.29, 0.717) is 5.92 Å². The molecular formula is C10H14N2O. The Labute approximate surface area is 77.9 Å². The molecular weight excluding hydrogens is 164 g/mol. The summed E-state index contributed by atoms with van der Waals surface area (Å²) in [4.78, 5) is 5.17. The van der Waals surface area contributed by atoms with Gasteiger partial charge in [0.25, 0.3) is 0 Å². The van der Waals surface area contributed by atoms with Crippen LogP contribution in [0.1, 0.15) is 13.3 Å². The normalized spacial score (nSPS) is 32.3. The Bertz CT molecular complexity index is 279. The molecule has 0 saturated heterocycles. The molecule has 70 valence electrons. The van der Waals surface area contributed by atoms with E-state index >= 15 is 0 Å². The second-order valence-corrected chi connectivity index (χ2v) is 3.68. The molecule has 0 spiro atoms. The largest absolute Gasteiger partial charge is 0.388 e. The van der Waals surface area contributed by atoms with Gasteiger partial charge in [0.2, 0.25) is 0 Å². The van der Waals surface area contributed by atoms with Gasteiger partial charge in [0.1, 0.15) is 0 Å². The Morgan fingerprint density at radius 2 is 2.54 bits per heavy atom. The van der Waals surface area contributed by atoms with Crippen molar-refractivity contribution in [2.75, 3.05) is 0 Å². The smallest absolute Gasteiger partial charge is 0.157 e. The third-order valence-corrected chi connectivity index (χ3v) is 2.26. The highest BCUT2D eigenvalue weighted by Crippen LogP contribution is 2.24. The summed E-state index contributed by atoms with van der Waals surface area (Å²) < 4.78 is 0. The van der Waals surface area contributed by atoms with E-state index < -0.39 is 0 Å². The van der Waals surface area contributed by atoms with Crippen molar-refractivity contribution in [3.63, 3.8) is 0 Å². The Balaban J connectivity index is 2.04. The number of hydrogen-bond donors (Lipinski definition) is 1. The zero-order valence-electron chi connectivity index (χ0n) is 7.68. The minimum atomic E-state index is 0.110. The summed E-state index contributed by atoms with van der Waals surface area (Å²) in [6, 6.07) is 0.203. The molecule has 2 N–H and O–H groups in total. The van der Waals surface area contributed by atoms with Gasteiger partial charge in [-0.15, -0.1) is 0 Å². The average molecular weight is 178 g/mol. The van der Waals surface area contributed by atoms with Gasteiger partial charge in [-0.3, -0.25) is 0 Å². The van der Waals surface area contributed by atoms with E-state index in [9.17, 15) is 0 Å². The maximum Gasteiger partial charge on any atom is 0.157 e. The zero-order valence-corrected chi connectivity index (χ0v) is 7.68.